The van der Waals surface area contributed by atoms with Gasteiger partial charge in [-0.3, -0.25) is 15.1 Å². The number of nitrogens with one attached hydrogen (secondary N) is 1. The van der Waals surface area contributed by atoms with Crippen LogP contribution in [0.2, 0.25) is 0 Å². The van der Waals surface area contributed by atoms with Crippen molar-refractivity contribution < 1.29 is 14.7 Å². The molecular formula is C8H9N3O3. The molecule has 0 bridgehead atoms. The number of carboxylic acid groups (broad SMARTS) is 1. The predicted molar refractivity (Wildman–Crippen MR) is 48.8 cm³/mol. The van der Waals surface area contributed by atoms with Gasteiger partial charge in [0, 0.05) is 5.69 Å². The highest BCUT2D eigenvalue weighted by atomic mass is 16.4. The molecule has 74 valence electrons. The third kappa shape index (κ3) is 3.10. The Morgan fingerprint density at radius 1 is 1.50 bits per heavy atom. The summed E-state index contributed by atoms with van der Waals surface area (Å²) in [5.41, 5.74) is 5.81. The van der Waals surface area contributed by atoms with Crippen LogP contribution in [0.15, 0.2) is 18.3 Å². The van der Waals surface area contributed by atoms with E-state index in [9.17, 15) is 9.59 Å². The van der Waals surface area contributed by atoms with Gasteiger partial charge in [0.1, 0.15) is 0 Å². The molecule has 0 aliphatic heterocycles. The van der Waals surface area contributed by atoms with Crippen LogP contribution in [0.5, 0.6) is 0 Å². The molecule has 1 heterocycles. The van der Waals surface area contributed by atoms with E-state index >= 15 is 0 Å². The molecule has 0 unspecified atom stereocenters. The first-order chi connectivity index (χ1) is 6.58. The maximum atomic E-state index is 10.5. The number of hydrogen-bond donors (Lipinski definition) is 3. The van der Waals surface area contributed by atoms with Gasteiger partial charge >= 0.3 is 6.09 Å². The number of primary amides is 1. The predicted octanol–water partition coefficient (Wildman–Crippen LogP) is 0.199. The molecule has 4 N–H and O–H groups in total. The Morgan fingerprint density at radius 2 is 2.21 bits per heavy atom. The Bertz CT molecular complexity index is 312. The first-order valence-corrected chi connectivity index (χ1v) is 3.81. The topological polar surface area (TPSA) is 105 Å². The van der Waals surface area contributed by atoms with Gasteiger partial charge in [-0.1, -0.05) is 0 Å². The van der Waals surface area contributed by atoms with Gasteiger partial charge in [0.25, 0.3) is 0 Å². The Kier molecular flexibility index (Phi) is 3.01. The normalized spacial score (nSPS) is 9.43. The number of carbonyl (C=O) groups excluding carboxylic acids is 1. The zero-order valence-electron chi connectivity index (χ0n) is 7.23. The number of pyridine rings is 1. The summed E-state index contributed by atoms with van der Waals surface area (Å²) < 4.78 is 0. The van der Waals surface area contributed by atoms with Crippen molar-refractivity contribution in [2.24, 2.45) is 5.73 Å². The molecule has 2 amide bonds. The highest BCUT2D eigenvalue weighted by molar-refractivity contribution is 5.82. The van der Waals surface area contributed by atoms with Crippen LogP contribution in [-0.4, -0.2) is 22.1 Å². The van der Waals surface area contributed by atoms with Gasteiger partial charge < -0.3 is 10.8 Å². The average molecular weight is 195 g/mol. The van der Waals surface area contributed by atoms with Crippen molar-refractivity contribution in [2.75, 3.05) is 5.32 Å². The molecule has 0 atom stereocenters. The first-order valence-electron chi connectivity index (χ1n) is 3.81. The lowest BCUT2D eigenvalue weighted by Gasteiger charge is -2.00. The molecule has 0 aromatic carbocycles. The second-order valence-corrected chi connectivity index (χ2v) is 2.61. The van der Waals surface area contributed by atoms with Crippen LogP contribution in [0, 0.1) is 0 Å². The van der Waals surface area contributed by atoms with E-state index in [0.29, 0.717) is 11.4 Å². The van der Waals surface area contributed by atoms with Crippen molar-refractivity contribution in [3.63, 3.8) is 0 Å². The Morgan fingerprint density at radius 3 is 2.64 bits per heavy atom. The van der Waals surface area contributed by atoms with E-state index in [0.717, 1.165) is 0 Å². The monoisotopic (exact) mass is 195 g/mol. The van der Waals surface area contributed by atoms with Gasteiger partial charge in [-0.15, -0.1) is 0 Å². The summed E-state index contributed by atoms with van der Waals surface area (Å²) in [5.74, 6) is -0.476. The van der Waals surface area contributed by atoms with E-state index in [1.54, 1.807) is 0 Å². The number of rotatable bonds is 3. The van der Waals surface area contributed by atoms with Crippen molar-refractivity contribution in [2.45, 2.75) is 6.42 Å². The number of amides is 2. The minimum absolute atomic E-state index is 0.0490. The molecule has 0 saturated heterocycles. The molecule has 0 aliphatic rings. The van der Waals surface area contributed by atoms with Gasteiger partial charge in [-0.05, 0) is 12.1 Å². The zero-order valence-corrected chi connectivity index (χ0v) is 7.23. The molecule has 0 aliphatic carbocycles. The van der Waals surface area contributed by atoms with Gasteiger partial charge in [0.05, 0.1) is 18.3 Å². The molecule has 1 aromatic rings. The average Bonchev–Trinajstić information content (AvgIpc) is 2.06. The van der Waals surface area contributed by atoms with Crippen molar-refractivity contribution in [1.82, 2.24) is 4.98 Å². The van der Waals surface area contributed by atoms with Crippen LogP contribution in [0.4, 0.5) is 10.5 Å². The van der Waals surface area contributed by atoms with E-state index in [2.05, 4.69) is 10.3 Å². The third-order valence-corrected chi connectivity index (χ3v) is 1.43. The minimum Gasteiger partial charge on any atom is -0.465 e. The van der Waals surface area contributed by atoms with E-state index in [1.165, 1.54) is 18.3 Å². The third-order valence-electron chi connectivity index (χ3n) is 1.43. The maximum Gasteiger partial charge on any atom is 0.409 e. The summed E-state index contributed by atoms with van der Waals surface area (Å²) in [6.07, 6.45) is 0.217. The lowest BCUT2D eigenvalue weighted by atomic mass is 10.2. The summed E-state index contributed by atoms with van der Waals surface area (Å²) in [4.78, 5) is 24.6. The maximum absolute atomic E-state index is 10.5. The quantitative estimate of drug-likeness (QED) is 0.640. The first kappa shape index (κ1) is 9.97. The van der Waals surface area contributed by atoms with Crippen LogP contribution in [0.25, 0.3) is 0 Å². The van der Waals surface area contributed by atoms with Gasteiger partial charge in [-0.2, -0.15) is 0 Å². The molecule has 6 heteroatoms. The highest BCUT2D eigenvalue weighted by Crippen LogP contribution is 2.05. The number of hydrogen-bond acceptors (Lipinski definition) is 3. The smallest absolute Gasteiger partial charge is 0.409 e. The SMILES string of the molecule is NC(=O)Cc1ccc(NC(=O)O)cn1. The van der Waals surface area contributed by atoms with Crippen LogP contribution in [-0.2, 0) is 11.2 Å². The number of carbonyl (C=O) groups is 2. The Hall–Kier alpha value is -2.11. The van der Waals surface area contributed by atoms with Gasteiger partial charge in [-0.25, -0.2) is 4.79 Å². The highest BCUT2D eigenvalue weighted by Gasteiger charge is 2.01. The van der Waals surface area contributed by atoms with Crippen molar-refractivity contribution in [3.8, 4) is 0 Å². The largest absolute Gasteiger partial charge is 0.465 e. The second kappa shape index (κ2) is 4.22. The van der Waals surface area contributed by atoms with Crippen LogP contribution >= 0.6 is 0 Å². The Labute approximate surface area is 79.8 Å². The van der Waals surface area contributed by atoms with Crippen LogP contribution in [0.3, 0.4) is 0 Å². The summed E-state index contributed by atoms with van der Waals surface area (Å²) in [6.45, 7) is 0. The Balaban J connectivity index is 2.68. The lowest BCUT2D eigenvalue weighted by Crippen LogP contribution is -2.14. The fraction of sp³-hybridized carbons (Fsp3) is 0.125. The number of nitrogens with two attached hydrogens (primary N) is 1. The van der Waals surface area contributed by atoms with Gasteiger partial charge in [0.15, 0.2) is 0 Å². The molecule has 14 heavy (non-hydrogen) atoms. The zero-order chi connectivity index (χ0) is 10.6. The van der Waals surface area contributed by atoms with Gasteiger partial charge in [0.2, 0.25) is 5.91 Å². The van der Waals surface area contributed by atoms with E-state index < -0.39 is 12.0 Å². The molecular weight excluding hydrogens is 186 g/mol. The second-order valence-electron chi connectivity index (χ2n) is 2.61. The lowest BCUT2D eigenvalue weighted by molar-refractivity contribution is -0.117. The van der Waals surface area contributed by atoms with E-state index in [-0.39, 0.29) is 6.42 Å². The van der Waals surface area contributed by atoms with Crippen LogP contribution < -0.4 is 11.1 Å². The summed E-state index contributed by atoms with van der Waals surface area (Å²) in [6, 6.07) is 3.05. The molecule has 0 fully saturated rings. The van der Waals surface area contributed by atoms with Crippen molar-refractivity contribution in [1.29, 1.82) is 0 Å². The minimum atomic E-state index is -1.16. The molecule has 0 radical (unpaired) electrons. The number of anilines is 1. The standard InChI is InChI=1S/C8H9N3O3/c9-7(12)3-5-1-2-6(4-10-5)11-8(13)14/h1-2,4,11H,3H2,(H2,9,12)(H,13,14). The van der Waals surface area contributed by atoms with E-state index in [1.807, 2.05) is 0 Å². The van der Waals surface area contributed by atoms with Crippen molar-refractivity contribution in [3.05, 3.63) is 24.0 Å². The van der Waals surface area contributed by atoms with Crippen LogP contribution in [0.1, 0.15) is 5.69 Å². The molecule has 6 nitrogen and oxygen atoms in total. The molecule has 1 rings (SSSR count). The fourth-order valence-corrected chi connectivity index (χ4v) is 0.905. The molecule has 0 spiro atoms. The molecule has 0 saturated carbocycles. The summed E-state index contributed by atoms with van der Waals surface area (Å²) in [5, 5.41) is 10.5. The van der Waals surface area contributed by atoms with E-state index in [4.69, 9.17) is 10.8 Å². The molecule has 1 aromatic heterocycles. The number of nitrogens with zero attached hydrogens (tertiary/aromatic N) is 1. The fourth-order valence-electron chi connectivity index (χ4n) is 0.905. The van der Waals surface area contributed by atoms with Crippen molar-refractivity contribution >= 4 is 17.7 Å². The summed E-state index contributed by atoms with van der Waals surface area (Å²) >= 11 is 0. The summed E-state index contributed by atoms with van der Waals surface area (Å²) in [7, 11) is 0. The number of aromatic nitrogens is 1.